The Kier molecular flexibility index (Phi) is 8.03. The molecule has 0 bridgehead atoms. The average Bonchev–Trinajstić information content (AvgIpc) is 2.92. The summed E-state index contributed by atoms with van der Waals surface area (Å²) in [5, 5.41) is 5.06. The zero-order valence-electron chi connectivity index (χ0n) is 22.0. The highest BCUT2D eigenvalue weighted by Crippen LogP contribution is 2.47. The first-order chi connectivity index (χ1) is 19.1. The number of carbonyl (C=O) groups excluding carboxylic acids is 1. The molecule has 1 N–H and O–H groups in total. The summed E-state index contributed by atoms with van der Waals surface area (Å²) in [5.74, 6) is -1.30. The molecule has 2 aliphatic rings. The Hall–Kier alpha value is -3.21. The van der Waals surface area contributed by atoms with Gasteiger partial charge >= 0.3 is 0 Å². The number of pyridine rings is 2. The standard InChI is InChI=1S/C28H28Cl2F2N4O4/c1-4-17(37)7-15-5-6-40-12-20(15)34-23-9-18-16(11-33-23)8-19(35-27(18)36-13-28(31,32)14-36)24-25(29)21(38-2)10-22(39-3)26(24)30/h4,8-11,15,20H,1,5-7,12-14H2,2-3H3,(H,33,34)/t15-,20-/m1/s1. The lowest BCUT2D eigenvalue weighted by Gasteiger charge is -2.40. The molecule has 2 atom stereocenters. The third-order valence-electron chi connectivity index (χ3n) is 7.19. The number of ether oxygens (including phenoxy) is 3. The Morgan fingerprint density at radius 3 is 2.55 bits per heavy atom. The number of halogens is 4. The number of anilines is 2. The Morgan fingerprint density at radius 1 is 1.23 bits per heavy atom. The van der Waals surface area contributed by atoms with Gasteiger partial charge in [-0.15, -0.1) is 0 Å². The summed E-state index contributed by atoms with van der Waals surface area (Å²) in [6.45, 7) is 3.59. The molecule has 0 saturated carbocycles. The van der Waals surface area contributed by atoms with Crippen molar-refractivity contribution in [1.29, 1.82) is 0 Å². The summed E-state index contributed by atoms with van der Waals surface area (Å²) in [4.78, 5) is 22.9. The van der Waals surface area contributed by atoms with E-state index in [1.54, 1.807) is 24.4 Å². The zero-order chi connectivity index (χ0) is 28.6. The monoisotopic (exact) mass is 592 g/mol. The number of aromatic nitrogens is 2. The van der Waals surface area contributed by atoms with Crippen LogP contribution in [-0.4, -0.2) is 68.2 Å². The number of benzene rings is 1. The second-order valence-electron chi connectivity index (χ2n) is 9.87. The summed E-state index contributed by atoms with van der Waals surface area (Å²) in [6.07, 6.45) is 4.03. The van der Waals surface area contributed by atoms with Crippen molar-refractivity contribution in [2.75, 3.05) is 50.7 Å². The first-order valence-electron chi connectivity index (χ1n) is 12.7. The number of hydrogen-bond donors (Lipinski definition) is 1. The van der Waals surface area contributed by atoms with Gasteiger partial charge in [-0.3, -0.25) is 4.79 Å². The molecule has 212 valence electrons. The lowest BCUT2D eigenvalue weighted by atomic mass is 9.89. The van der Waals surface area contributed by atoms with Crippen LogP contribution >= 0.6 is 23.2 Å². The van der Waals surface area contributed by atoms with Gasteiger partial charge < -0.3 is 24.4 Å². The number of nitrogens with one attached hydrogen (secondary N) is 1. The van der Waals surface area contributed by atoms with Crippen LogP contribution in [0.5, 0.6) is 11.5 Å². The Bertz CT molecular complexity index is 1440. The van der Waals surface area contributed by atoms with Crippen LogP contribution in [0.4, 0.5) is 20.4 Å². The van der Waals surface area contributed by atoms with Crippen LogP contribution in [-0.2, 0) is 9.53 Å². The van der Waals surface area contributed by atoms with Gasteiger partial charge in [0.05, 0.1) is 55.7 Å². The van der Waals surface area contributed by atoms with Gasteiger partial charge in [0.15, 0.2) is 5.78 Å². The first-order valence-corrected chi connectivity index (χ1v) is 13.4. The molecule has 2 aromatic heterocycles. The second-order valence-corrected chi connectivity index (χ2v) is 10.6. The highest BCUT2D eigenvalue weighted by molar-refractivity contribution is 6.41. The lowest BCUT2D eigenvalue weighted by Crippen LogP contribution is -2.56. The highest BCUT2D eigenvalue weighted by Gasteiger charge is 2.45. The van der Waals surface area contributed by atoms with Gasteiger partial charge in [-0.2, -0.15) is 0 Å². The van der Waals surface area contributed by atoms with Crippen molar-refractivity contribution in [3.05, 3.63) is 47.1 Å². The summed E-state index contributed by atoms with van der Waals surface area (Å²) in [6, 6.07) is 4.92. The molecule has 0 radical (unpaired) electrons. The van der Waals surface area contributed by atoms with Crippen molar-refractivity contribution >= 4 is 51.4 Å². The molecule has 0 spiro atoms. The number of ketones is 1. The minimum absolute atomic E-state index is 0.0330. The SMILES string of the molecule is C=CC(=O)C[C@H]1CCOC[C@H]1Nc1cc2c(N3CC(F)(F)C3)nc(-c3c(Cl)c(OC)cc(OC)c3Cl)cc2cn1. The molecule has 0 aliphatic carbocycles. The molecule has 0 unspecified atom stereocenters. The largest absolute Gasteiger partial charge is 0.495 e. The number of allylic oxidation sites excluding steroid dienone is 1. The highest BCUT2D eigenvalue weighted by atomic mass is 35.5. The number of alkyl halides is 2. The van der Waals surface area contributed by atoms with Gasteiger partial charge in [0.1, 0.15) is 23.1 Å². The third kappa shape index (κ3) is 5.53. The number of carbonyl (C=O) groups is 1. The van der Waals surface area contributed by atoms with Crippen molar-refractivity contribution in [2.45, 2.75) is 24.8 Å². The van der Waals surface area contributed by atoms with Crippen molar-refractivity contribution < 1.29 is 27.8 Å². The van der Waals surface area contributed by atoms with Crippen LogP contribution in [0.15, 0.2) is 37.1 Å². The number of nitrogens with zero attached hydrogens (tertiary/aromatic N) is 3. The van der Waals surface area contributed by atoms with Crippen LogP contribution in [0.1, 0.15) is 12.8 Å². The fourth-order valence-electron chi connectivity index (χ4n) is 5.07. The lowest BCUT2D eigenvalue weighted by molar-refractivity contribution is -0.116. The first kappa shape index (κ1) is 28.3. The van der Waals surface area contributed by atoms with Gasteiger partial charge in [-0.25, -0.2) is 18.7 Å². The summed E-state index contributed by atoms with van der Waals surface area (Å²) in [5.41, 5.74) is 0.711. The van der Waals surface area contributed by atoms with E-state index in [9.17, 15) is 13.6 Å². The molecule has 2 saturated heterocycles. The molecular weight excluding hydrogens is 565 g/mol. The second kappa shape index (κ2) is 11.3. The van der Waals surface area contributed by atoms with Gasteiger partial charge in [0, 0.05) is 41.6 Å². The minimum atomic E-state index is -2.82. The molecule has 5 rings (SSSR count). The number of hydrogen-bond acceptors (Lipinski definition) is 8. The summed E-state index contributed by atoms with van der Waals surface area (Å²) >= 11 is 13.3. The number of rotatable bonds is 9. The van der Waals surface area contributed by atoms with E-state index in [0.717, 1.165) is 6.42 Å². The average molecular weight is 593 g/mol. The topological polar surface area (TPSA) is 85.8 Å². The third-order valence-corrected chi connectivity index (χ3v) is 7.94. The van der Waals surface area contributed by atoms with Crippen molar-refractivity contribution in [3.63, 3.8) is 0 Å². The van der Waals surface area contributed by atoms with E-state index < -0.39 is 19.0 Å². The fourth-order valence-corrected chi connectivity index (χ4v) is 5.76. The van der Waals surface area contributed by atoms with E-state index in [1.165, 1.54) is 25.2 Å². The molecule has 8 nitrogen and oxygen atoms in total. The van der Waals surface area contributed by atoms with Crippen LogP contribution in [0.25, 0.3) is 22.0 Å². The van der Waals surface area contributed by atoms with Crippen molar-refractivity contribution in [1.82, 2.24) is 9.97 Å². The van der Waals surface area contributed by atoms with E-state index in [1.807, 2.05) is 0 Å². The van der Waals surface area contributed by atoms with Gasteiger partial charge in [-0.1, -0.05) is 29.8 Å². The van der Waals surface area contributed by atoms with E-state index in [0.29, 0.717) is 64.8 Å². The molecule has 3 aromatic rings. The van der Waals surface area contributed by atoms with Crippen LogP contribution in [0, 0.1) is 5.92 Å². The number of fused-ring (bicyclic) bond motifs is 1. The minimum Gasteiger partial charge on any atom is -0.495 e. The molecule has 0 amide bonds. The van der Waals surface area contributed by atoms with Gasteiger partial charge in [0.2, 0.25) is 0 Å². The molecule has 1 aromatic carbocycles. The van der Waals surface area contributed by atoms with Crippen molar-refractivity contribution in [3.8, 4) is 22.8 Å². The van der Waals surface area contributed by atoms with Gasteiger partial charge in [-0.05, 0) is 30.5 Å². The van der Waals surface area contributed by atoms with E-state index in [4.69, 9.17) is 42.4 Å². The van der Waals surface area contributed by atoms with Gasteiger partial charge in [0.25, 0.3) is 5.92 Å². The molecular formula is C28H28Cl2F2N4O4. The Labute approximate surface area is 240 Å². The molecule has 40 heavy (non-hydrogen) atoms. The predicted molar refractivity (Wildman–Crippen MR) is 151 cm³/mol. The predicted octanol–water partition coefficient (Wildman–Crippen LogP) is 6.04. The quantitative estimate of drug-likeness (QED) is 0.301. The molecule has 2 aliphatic heterocycles. The normalized spacial score (nSPS) is 20.1. The van der Waals surface area contributed by atoms with Crippen LogP contribution in [0.3, 0.4) is 0 Å². The summed E-state index contributed by atoms with van der Waals surface area (Å²) < 4.78 is 44.4. The fraction of sp³-hybridized carbons (Fsp3) is 0.393. The van der Waals surface area contributed by atoms with E-state index in [2.05, 4.69) is 16.9 Å². The van der Waals surface area contributed by atoms with Crippen molar-refractivity contribution in [2.24, 2.45) is 5.92 Å². The Balaban J connectivity index is 1.58. The maximum Gasteiger partial charge on any atom is 0.282 e. The van der Waals surface area contributed by atoms with E-state index >= 15 is 0 Å². The van der Waals surface area contributed by atoms with E-state index in [-0.39, 0.29) is 27.8 Å². The van der Waals surface area contributed by atoms with Crippen LogP contribution < -0.4 is 19.7 Å². The Morgan fingerprint density at radius 2 is 1.93 bits per heavy atom. The van der Waals surface area contributed by atoms with Crippen LogP contribution in [0.2, 0.25) is 10.0 Å². The maximum atomic E-state index is 14.0. The smallest absolute Gasteiger partial charge is 0.282 e. The molecule has 12 heteroatoms. The number of methoxy groups -OCH3 is 2. The molecule has 2 fully saturated rings. The maximum absolute atomic E-state index is 14.0. The summed E-state index contributed by atoms with van der Waals surface area (Å²) in [7, 11) is 2.93. The molecule has 4 heterocycles. The zero-order valence-corrected chi connectivity index (χ0v) is 23.5.